The van der Waals surface area contributed by atoms with E-state index in [4.69, 9.17) is 21.1 Å². The van der Waals surface area contributed by atoms with Crippen LogP contribution in [0.15, 0.2) is 18.2 Å². The van der Waals surface area contributed by atoms with Crippen molar-refractivity contribution < 1.29 is 9.47 Å². The smallest absolute Gasteiger partial charge is 0.137 e. The maximum absolute atomic E-state index is 6.08. The summed E-state index contributed by atoms with van der Waals surface area (Å²) in [5.41, 5.74) is 1.16. The lowest BCUT2D eigenvalue weighted by Gasteiger charge is -2.16. The Labute approximate surface area is 120 Å². The molecular weight excluding hydrogens is 264 g/mol. The van der Waals surface area contributed by atoms with E-state index in [1.165, 1.54) is 0 Å². The molecule has 0 aromatic heterocycles. The molecule has 1 aromatic rings. The maximum atomic E-state index is 6.08. The minimum Gasteiger partial charge on any atom is -0.495 e. The molecular formula is C14H23ClN2O2. The monoisotopic (exact) mass is 286 g/mol. The van der Waals surface area contributed by atoms with Crippen molar-refractivity contribution in [3.8, 4) is 5.75 Å². The summed E-state index contributed by atoms with van der Waals surface area (Å²) < 4.78 is 10.2. The zero-order valence-corrected chi connectivity index (χ0v) is 12.7. The quantitative estimate of drug-likeness (QED) is 0.704. The number of rotatable bonds is 9. The first-order valence-corrected chi connectivity index (χ1v) is 6.75. The third kappa shape index (κ3) is 6.25. The van der Waals surface area contributed by atoms with Crippen molar-refractivity contribution in [3.63, 3.8) is 0 Å². The van der Waals surface area contributed by atoms with E-state index in [9.17, 15) is 0 Å². The highest BCUT2D eigenvalue weighted by Gasteiger charge is 2.02. The van der Waals surface area contributed by atoms with Crippen molar-refractivity contribution >= 4 is 11.6 Å². The molecule has 0 aliphatic carbocycles. The van der Waals surface area contributed by atoms with Gasteiger partial charge in [-0.1, -0.05) is 17.7 Å². The predicted octanol–water partition coefficient (Wildman–Crippen LogP) is 2.02. The van der Waals surface area contributed by atoms with E-state index in [0.717, 1.165) is 38.3 Å². The second-order valence-corrected chi connectivity index (χ2v) is 4.85. The minimum absolute atomic E-state index is 0.652. The number of hydrogen-bond donors (Lipinski definition) is 1. The van der Waals surface area contributed by atoms with Crippen LogP contribution < -0.4 is 10.1 Å². The summed E-state index contributed by atoms with van der Waals surface area (Å²) in [5, 5.41) is 4.04. The van der Waals surface area contributed by atoms with Crippen LogP contribution in [0.25, 0.3) is 0 Å². The molecule has 0 spiro atoms. The second kappa shape index (κ2) is 9.15. The lowest BCUT2D eigenvalue weighted by atomic mass is 10.2. The number of hydrogen-bond acceptors (Lipinski definition) is 4. The van der Waals surface area contributed by atoms with Crippen LogP contribution in [0, 0.1) is 0 Å². The van der Waals surface area contributed by atoms with Crippen LogP contribution in [0.4, 0.5) is 0 Å². The third-order valence-corrected chi connectivity index (χ3v) is 3.19. The lowest BCUT2D eigenvalue weighted by Crippen LogP contribution is -2.31. The van der Waals surface area contributed by atoms with Crippen LogP contribution in [-0.4, -0.2) is 52.4 Å². The van der Waals surface area contributed by atoms with Gasteiger partial charge in [-0.25, -0.2) is 0 Å². The second-order valence-electron chi connectivity index (χ2n) is 4.44. The number of ether oxygens (including phenoxy) is 2. The van der Waals surface area contributed by atoms with Crippen LogP contribution in [0.2, 0.25) is 5.02 Å². The summed E-state index contributed by atoms with van der Waals surface area (Å²) in [5.74, 6) is 0.713. The molecule has 0 amide bonds. The summed E-state index contributed by atoms with van der Waals surface area (Å²) >= 11 is 6.08. The van der Waals surface area contributed by atoms with Gasteiger partial charge in [0, 0.05) is 33.3 Å². The van der Waals surface area contributed by atoms with Crippen LogP contribution in [-0.2, 0) is 11.3 Å². The van der Waals surface area contributed by atoms with Crippen LogP contribution in [0.3, 0.4) is 0 Å². The van der Waals surface area contributed by atoms with Gasteiger partial charge in [0.2, 0.25) is 0 Å². The number of halogens is 1. The summed E-state index contributed by atoms with van der Waals surface area (Å²) in [6.45, 7) is 4.45. The average Bonchev–Trinajstić information content (AvgIpc) is 2.41. The van der Waals surface area contributed by atoms with E-state index in [1.807, 2.05) is 18.2 Å². The third-order valence-electron chi connectivity index (χ3n) is 2.89. The molecule has 0 aliphatic heterocycles. The van der Waals surface area contributed by atoms with Gasteiger partial charge in [-0.2, -0.15) is 0 Å². The fourth-order valence-electron chi connectivity index (χ4n) is 1.68. The van der Waals surface area contributed by atoms with Crippen molar-refractivity contribution in [2.45, 2.75) is 6.54 Å². The zero-order chi connectivity index (χ0) is 14.1. The van der Waals surface area contributed by atoms with E-state index in [2.05, 4.69) is 17.3 Å². The van der Waals surface area contributed by atoms with E-state index in [1.54, 1.807) is 14.2 Å². The van der Waals surface area contributed by atoms with E-state index >= 15 is 0 Å². The summed E-state index contributed by atoms with van der Waals surface area (Å²) in [7, 11) is 5.43. The summed E-state index contributed by atoms with van der Waals surface area (Å²) in [6, 6.07) is 5.85. The molecule has 19 heavy (non-hydrogen) atoms. The molecule has 0 bridgehead atoms. The molecule has 108 valence electrons. The van der Waals surface area contributed by atoms with Gasteiger partial charge >= 0.3 is 0 Å². The fourth-order valence-corrected chi connectivity index (χ4v) is 1.96. The average molecular weight is 287 g/mol. The molecule has 0 fully saturated rings. The first-order chi connectivity index (χ1) is 9.17. The van der Waals surface area contributed by atoms with Gasteiger partial charge < -0.3 is 19.7 Å². The molecule has 0 unspecified atom stereocenters. The van der Waals surface area contributed by atoms with Crippen molar-refractivity contribution in [2.75, 3.05) is 47.5 Å². The minimum atomic E-state index is 0.652. The summed E-state index contributed by atoms with van der Waals surface area (Å²) in [6.07, 6.45) is 0. The molecule has 0 saturated carbocycles. The highest BCUT2D eigenvalue weighted by atomic mass is 35.5. The maximum Gasteiger partial charge on any atom is 0.137 e. The van der Waals surface area contributed by atoms with Gasteiger partial charge in [0.1, 0.15) is 5.75 Å². The Bertz CT molecular complexity index is 374. The van der Waals surface area contributed by atoms with Crippen molar-refractivity contribution in [3.05, 3.63) is 28.8 Å². The highest BCUT2D eigenvalue weighted by Crippen LogP contribution is 2.24. The topological polar surface area (TPSA) is 33.7 Å². The first-order valence-electron chi connectivity index (χ1n) is 6.38. The first kappa shape index (κ1) is 16.2. The molecule has 0 aliphatic rings. The molecule has 0 saturated heterocycles. The lowest BCUT2D eigenvalue weighted by molar-refractivity contribution is 0.161. The van der Waals surface area contributed by atoms with Gasteiger partial charge in [-0.15, -0.1) is 0 Å². The van der Waals surface area contributed by atoms with Gasteiger partial charge in [0.25, 0.3) is 0 Å². The zero-order valence-electron chi connectivity index (χ0n) is 11.9. The number of methoxy groups -OCH3 is 2. The van der Waals surface area contributed by atoms with Gasteiger partial charge in [0.05, 0.1) is 18.7 Å². The Kier molecular flexibility index (Phi) is 7.82. The highest BCUT2D eigenvalue weighted by molar-refractivity contribution is 6.32. The Balaban J connectivity index is 2.24. The molecule has 0 radical (unpaired) electrons. The normalized spacial score (nSPS) is 11.0. The molecule has 1 aromatic carbocycles. The Morgan fingerprint density at radius 3 is 2.68 bits per heavy atom. The van der Waals surface area contributed by atoms with E-state index in [-0.39, 0.29) is 0 Å². The Morgan fingerprint density at radius 2 is 2.05 bits per heavy atom. The Morgan fingerprint density at radius 1 is 1.26 bits per heavy atom. The number of benzene rings is 1. The largest absolute Gasteiger partial charge is 0.495 e. The van der Waals surface area contributed by atoms with Crippen LogP contribution in [0.5, 0.6) is 5.75 Å². The van der Waals surface area contributed by atoms with Crippen LogP contribution in [0.1, 0.15) is 5.56 Å². The molecule has 5 heteroatoms. The number of likely N-dealkylation sites (N-methyl/N-ethyl adjacent to an activating group) is 1. The molecule has 1 N–H and O–H groups in total. The SMILES string of the molecule is COCCN(C)CCNCc1ccc(OC)c(Cl)c1. The van der Waals surface area contributed by atoms with Crippen molar-refractivity contribution in [1.82, 2.24) is 10.2 Å². The van der Waals surface area contributed by atoms with Crippen LogP contribution >= 0.6 is 11.6 Å². The molecule has 0 atom stereocenters. The van der Waals surface area contributed by atoms with E-state index in [0.29, 0.717) is 10.8 Å². The van der Waals surface area contributed by atoms with Gasteiger partial charge in [0.15, 0.2) is 0 Å². The fraction of sp³-hybridized carbons (Fsp3) is 0.571. The summed E-state index contributed by atoms with van der Waals surface area (Å²) in [4.78, 5) is 2.23. The molecule has 1 rings (SSSR count). The molecule has 4 nitrogen and oxygen atoms in total. The molecule has 0 heterocycles. The Hall–Kier alpha value is -0.810. The van der Waals surface area contributed by atoms with Gasteiger partial charge in [-0.05, 0) is 24.7 Å². The predicted molar refractivity (Wildman–Crippen MR) is 79.1 cm³/mol. The van der Waals surface area contributed by atoms with Gasteiger partial charge in [-0.3, -0.25) is 0 Å². The standard InChI is InChI=1S/C14H23ClN2O2/c1-17(8-9-18-2)7-6-16-11-12-4-5-14(19-3)13(15)10-12/h4-5,10,16H,6-9,11H2,1-3H3. The van der Waals surface area contributed by atoms with E-state index < -0.39 is 0 Å². The number of nitrogens with zero attached hydrogens (tertiary/aromatic N) is 1. The number of nitrogens with one attached hydrogen (secondary N) is 1. The van der Waals surface area contributed by atoms with Crippen molar-refractivity contribution in [1.29, 1.82) is 0 Å². The van der Waals surface area contributed by atoms with Crippen molar-refractivity contribution in [2.24, 2.45) is 0 Å².